The van der Waals surface area contributed by atoms with Crippen LogP contribution in [0.25, 0.3) is 0 Å². The fraction of sp³-hybridized carbons (Fsp3) is 0.182. The second-order valence-electron chi connectivity index (χ2n) is 3.33. The number of hydrogen-bond acceptors (Lipinski definition) is 4. The molecular formula is C11H10BrFN2O4. The van der Waals surface area contributed by atoms with E-state index >= 15 is 0 Å². The molecule has 6 nitrogen and oxygen atoms in total. The van der Waals surface area contributed by atoms with Crippen molar-refractivity contribution in [1.29, 1.82) is 0 Å². The van der Waals surface area contributed by atoms with Gasteiger partial charge in [-0.25, -0.2) is 14.0 Å². The number of urea groups is 1. The Morgan fingerprint density at radius 2 is 2.05 bits per heavy atom. The van der Waals surface area contributed by atoms with Gasteiger partial charge in [-0.3, -0.25) is 10.1 Å². The van der Waals surface area contributed by atoms with Gasteiger partial charge in [0.2, 0.25) is 0 Å². The predicted molar refractivity (Wildman–Crippen MR) is 67.0 cm³/mol. The second kappa shape index (κ2) is 6.83. The zero-order valence-corrected chi connectivity index (χ0v) is 11.4. The Morgan fingerprint density at radius 3 is 2.63 bits per heavy atom. The summed E-state index contributed by atoms with van der Waals surface area (Å²) in [4.78, 5) is 33.5. The molecule has 19 heavy (non-hydrogen) atoms. The third-order valence-corrected chi connectivity index (χ3v) is 2.62. The number of hydrogen-bond donors (Lipinski definition) is 2. The summed E-state index contributed by atoms with van der Waals surface area (Å²) >= 11 is 3.00. The van der Waals surface area contributed by atoms with Gasteiger partial charge >= 0.3 is 12.0 Å². The molecule has 102 valence electrons. The number of ether oxygens (including phenoxy) is 1. The van der Waals surface area contributed by atoms with E-state index in [1.54, 1.807) is 0 Å². The molecule has 1 aromatic carbocycles. The Bertz CT molecular complexity index is 521. The zero-order valence-electron chi connectivity index (χ0n) is 9.83. The first-order chi connectivity index (χ1) is 8.93. The SMILES string of the molecule is CNC(=O)NC(=O)COC(=O)c1ccc(F)cc1Br. The average Bonchev–Trinajstić information content (AvgIpc) is 2.35. The number of esters is 1. The largest absolute Gasteiger partial charge is 0.452 e. The van der Waals surface area contributed by atoms with Crippen molar-refractivity contribution in [2.75, 3.05) is 13.7 Å². The van der Waals surface area contributed by atoms with Crippen LogP contribution in [0.4, 0.5) is 9.18 Å². The first-order valence-electron chi connectivity index (χ1n) is 5.07. The number of nitrogens with one attached hydrogen (secondary N) is 2. The van der Waals surface area contributed by atoms with E-state index in [1.807, 2.05) is 5.32 Å². The Hall–Kier alpha value is -1.96. The van der Waals surface area contributed by atoms with Crippen molar-refractivity contribution in [2.24, 2.45) is 0 Å². The van der Waals surface area contributed by atoms with E-state index in [4.69, 9.17) is 0 Å². The van der Waals surface area contributed by atoms with E-state index in [1.165, 1.54) is 13.1 Å². The van der Waals surface area contributed by atoms with Crippen LogP contribution in [0.1, 0.15) is 10.4 Å². The maximum absolute atomic E-state index is 12.8. The summed E-state index contributed by atoms with van der Waals surface area (Å²) in [5.74, 6) is -2.09. The lowest BCUT2D eigenvalue weighted by Crippen LogP contribution is -2.39. The van der Waals surface area contributed by atoms with Gasteiger partial charge in [-0.2, -0.15) is 0 Å². The first-order valence-corrected chi connectivity index (χ1v) is 5.87. The highest BCUT2D eigenvalue weighted by atomic mass is 79.9. The summed E-state index contributed by atoms with van der Waals surface area (Å²) in [5, 5.41) is 4.09. The summed E-state index contributed by atoms with van der Waals surface area (Å²) in [7, 11) is 1.34. The van der Waals surface area contributed by atoms with Gasteiger partial charge in [-0.1, -0.05) is 0 Å². The molecular weight excluding hydrogens is 323 g/mol. The lowest BCUT2D eigenvalue weighted by molar-refractivity contribution is -0.123. The highest BCUT2D eigenvalue weighted by molar-refractivity contribution is 9.10. The number of amides is 3. The maximum atomic E-state index is 12.8. The molecule has 1 rings (SSSR count). The van der Waals surface area contributed by atoms with Crippen LogP contribution >= 0.6 is 15.9 Å². The Labute approximate surface area is 116 Å². The summed E-state index contributed by atoms with van der Waals surface area (Å²) in [6, 6.07) is 2.70. The van der Waals surface area contributed by atoms with Crippen molar-refractivity contribution in [2.45, 2.75) is 0 Å². The molecule has 2 N–H and O–H groups in total. The Kier molecular flexibility index (Phi) is 5.43. The molecule has 8 heteroatoms. The quantitative estimate of drug-likeness (QED) is 0.814. The summed E-state index contributed by atoms with van der Waals surface area (Å²) < 4.78 is 17.7. The number of carbonyl (C=O) groups excluding carboxylic acids is 3. The summed E-state index contributed by atoms with van der Waals surface area (Å²) in [5.41, 5.74) is 0.0779. The van der Waals surface area contributed by atoms with Crippen molar-refractivity contribution < 1.29 is 23.5 Å². The van der Waals surface area contributed by atoms with Crippen LogP contribution in [0.3, 0.4) is 0 Å². The van der Waals surface area contributed by atoms with Gasteiger partial charge in [0, 0.05) is 11.5 Å². The zero-order chi connectivity index (χ0) is 14.4. The van der Waals surface area contributed by atoms with Crippen LogP contribution in [-0.4, -0.2) is 31.6 Å². The van der Waals surface area contributed by atoms with E-state index in [2.05, 4.69) is 26.0 Å². The van der Waals surface area contributed by atoms with Gasteiger partial charge in [0.25, 0.3) is 5.91 Å². The number of imide groups is 1. The van der Waals surface area contributed by atoms with Gasteiger partial charge in [-0.15, -0.1) is 0 Å². The minimum Gasteiger partial charge on any atom is -0.452 e. The fourth-order valence-corrected chi connectivity index (χ4v) is 1.60. The summed E-state index contributed by atoms with van der Waals surface area (Å²) in [6.45, 7) is -0.615. The maximum Gasteiger partial charge on any atom is 0.339 e. The van der Waals surface area contributed by atoms with E-state index < -0.39 is 30.3 Å². The molecule has 0 aliphatic carbocycles. The second-order valence-corrected chi connectivity index (χ2v) is 4.18. The third-order valence-electron chi connectivity index (χ3n) is 1.97. The molecule has 0 saturated carbocycles. The molecule has 0 aliphatic heterocycles. The number of benzene rings is 1. The molecule has 0 fully saturated rings. The molecule has 0 bridgehead atoms. The monoisotopic (exact) mass is 332 g/mol. The Morgan fingerprint density at radius 1 is 1.37 bits per heavy atom. The molecule has 0 spiro atoms. The lowest BCUT2D eigenvalue weighted by Gasteiger charge is -2.06. The predicted octanol–water partition coefficient (Wildman–Crippen LogP) is 1.20. The van der Waals surface area contributed by atoms with Crippen molar-refractivity contribution in [3.8, 4) is 0 Å². The molecule has 0 unspecified atom stereocenters. The highest BCUT2D eigenvalue weighted by Crippen LogP contribution is 2.18. The molecule has 0 aliphatic rings. The molecule has 0 aromatic heterocycles. The molecule has 3 amide bonds. The minimum absolute atomic E-state index is 0.0779. The molecule has 1 aromatic rings. The van der Waals surface area contributed by atoms with Crippen molar-refractivity contribution >= 4 is 33.8 Å². The van der Waals surface area contributed by atoms with E-state index in [-0.39, 0.29) is 10.0 Å². The molecule has 0 heterocycles. The van der Waals surface area contributed by atoms with Crippen LogP contribution in [0.2, 0.25) is 0 Å². The standard InChI is InChI=1S/C11H10BrFN2O4/c1-14-11(18)15-9(16)5-19-10(17)7-3-2-6(13)4-8(7)12/h2-4H,5H2,1H3,(H2,14,15,16,18). The van der Waals surface area contributed by atoms with Gasteiger partial charge in [0.05, 0.1) is 5.56 Å². The van der Waals surface area contributed by atoms with Crippen molar-refractivity contribution in [3.63, 3.8) is 0 Å². The van der Waals surface area contributed by atoms with E-state index in [0.29, 0.717) is 0 Å². The summed E-state index contributed by atoms with van der Waals surface area (Å²) in [6.07, 6.45) is 0. The molecule has 0 atom stereocenters. The number of carbonyl (C=O) groups is 3. The minimum atomic E-state index is -0.807. The third kappa shape index (κ3) is 4.66. The number of halogens is 2. The number of rotatable bonds is 3. The molecule has 0 saturated heterocycles. The Balaban J connectivity index is 2.56. The van der Waals surface area contributed by atoms with Crippen molar-refractivity contribution in [3.05, 3.63) is 34.1 Å². The molecule has 0 radical (unpaired) electrons. The first kappa shape index (κ1) is 15.1. The van der Waals surface area contributed by atoms with E-state index in [0.717, 1.165) is 12.1 Å². The lowest BCUT2D eigenvalue weighted by atomic mass is 10.2. The fourth-order valence-electron chi connectivity index (χ4n) is 1.09. The van der Waals surface area contributed by atoms with E-state index in [9.17, 15) is 18.8 Å². The van der Waals surface area contributed by atoms with Gasteiger partial charge < -0.3 is 10.1 Å². The topological polar surface area (TPSA) is 84.5 Å². The van der Waals surface area contributed by atoms with Crippen LogP contribution in [0, 0.1) is 5.82 Å². The normalized spacial score (nSPS) is 9.63. The van der Waals surface area contributed by atoms with Crippen LogP contribution in [0.5, 0.6) is 0 Å². The van der Waals surface area contributed by atoms with Gasteiger partial charge in [-0.05, 0) is 34.1 Å². The smallest absolute Gasteiger partial charge is 0.339 e. The van der Waals surface area contributed by atoms with Crippen LogP contribution in [-0.2, 0) is 9.53 Å². The van der Waals surface area contributed by atoms with Crippen molar-refractivity contribution in [1.82, 2.24) is 10.6 Å². The van der Waals surface area contributed by atoms with Gasteiger partial charge in [0.1, 0.15) is 5.82 Å². The average molecular weight is 333 g/mol. The van der Waals surface area contributed by atoms with Gasteiger partial charge in [0.15, 0.2) is 6.61 Å². The van der Waals surface area contributed by atoms with Crippen LogP contribution < -0.4 is 10.6 Å². The van der Waals surface area contributed by atoms with Crippen LogP contribution in [0.15, 0.2) is 22.7 Å². The highest BCUT2D eigenvalue weighted by Gasteiger charge is 2.14.